The molecule has 0 unspecified atom stereocenters. The molecule has 0 saturated heterocycles. The lowest BCUT2D eigenvalue weighted by Gasteiger charge is -2.24. The van der Waals surface area contributed by atoms with Gasteiger partial charge in [0.1, 0.15) is 12.4 Å². The van der Waals surface area contributed by atoms with Gasteiger partial charge in [-0.05, 0) is 83.1 Å². The summed E-state index contributed by atoms with van der Waals surface area (Å²) < 4.78 is 18.9. The van der Waals surface area contributed by atoms with Crippen LogP contribution in [0, 0.1) is 3.57 Å². The Morgan fingerprint density at radius 2 is 1.87 bits per heavy atom. The third-order valence-corrected chi connectivity index (χ3v) is 7.57. The van der Waals surface area contributed by atoms with Crippen molar-refractivity contribution in [3.8, 4) is 5.75 Å². The van der Waals surface area contributed by atoms with Gasteiger partial charge in [0, 0.05) is 3.57 Å². The van der Waals surface area contributed by atoms with E-state index in [1.807, 2.05) is 30.3 Å². The van der Waals surface area contributed by atoms with Gasteiger partial charge in [0.25, 0.3) is 5.56 Å². The number of fused-ring (bicyclic) bond motifs is 1. The molecule has 0 aliphatic carbocycles. The Morgan fingerprint density at radius 1 is 1.13 bits per heavy atom. The number of hydrogen-bond acceptors (Lipinski definition) is 8. The van der Waals surface area contributed by atoms with Crippen LogP contribution in [0.2, 0.25) is 0 Å². The molecule has 0 bridgehead atoms. The zero-order valence-electron chi connectivity index (χ0n) is 20.6. The third kappa shape index (κ3) is 5.57. The molecule has 0 radical (unpaired) electrons. The molecule has 5 rings (SSSR count). The number of halogens is 1. The number of esters is 2. The fourth-order valence-electron chi connectivity index (χ4n) is 4.09. The van der Waals surface area contributed by atoms with Crippen molar-refractivity contribution in [2.24, 2.45) is 4.99 Å². The Balaban J connectivity index is 1.58. The molecule has 2 aromatic heterocycles. The van der Waals surface area contributed by atoms with E-state index in [1.165, 1.54) is 34.3 Å². The van der Waals surface area contributed by atoms with Crippen LogP contribution >= 0.6 is 33.9 Å². The molecule has 0 N–H and O–H groups in total. The summed E-state index contributed by atoms with van der Waals surface area (Å²) in [5, 5.41) is 0. The van der Waals surface area contributed by atoms with Gasteiger partial charge in [0.2, 0.25) is 5.76 Å². The maximum absolute atomic E-state index is 13.7. The van der Waals surface area contributed by atoms with Gasteiger partial charge in [-0.25, -0.2) is 14.6 Å². The molecule has 0 fully saturated rings. The third-order valence-electron chi connectivity index (χ3n) is 5.87. The monoisotopic (exact) mass is 652 g/mol. The fourth-order valence-corrected chi connectivity index (χ4v) is 5.50. The molecule has 2 aromatic carbocycles. The summed E-state index contributed by atoms with van der Waals surface area (Å²) in [6, 6.07) is 16.7. The van der Waals surface area contributed by atoms with Crippen molar-refractivity contribution < 1.29 is 23.5 Å². The van der Waals surface area contributed by atoms with Crippen molar-refractivity contribution in [2.75, 3.05) is 6.61 Å². The fraction of sp³-hybridized carbons (Fsp3) is 0.103. The van der Waals surface area contributed by atoms with Gasteiger partial charge in [-0.2, -0.15) is 0 Å². The number of rotatable bonds is 7. The quantitative estimate of drug-likeness (QED) is 0.127. The van der Waals surface area contributed by atoms with Gasteiger partial charge in [0.15, 0.2) is 4.80 Å². The van der Waals surface area contributed by atoms with E-state index in [0.717, 1.165) is 9.13 Å². The number of nitrogens with zero attached hydrogens (tertiary/aromatic N) is 2. The van der Waals surface area contributed by atoms with Crippen molar-refractivity contribution >= 4 is 51.9 Å². The van der Waals surface area contributed by atoms with E-state index >= 15 is 0 Å². The van der Waals surface area contributed by atoms with Crippen LogP contribution in [-0.2, 0) is 9.53 Å². The molecular weight excluding hydrogens is 631 g/mol. The average Bonchev–Trinajstić information content (AvgIpc) is 3.57. The topological polar surface area (TPSA) is 100 Å². The van der Waals surface area contributed by atoms with Crippen LogP contribution < -0.4 is 19.6 Å². The average molecular weight is 652 g/mol. The summed E-state index contributed by atoms with van der Waals surface area (Å²) in [5.41, 5.74) is 1.91. The maximum Gasteiger partial charge on any atom is 0.379 e. The highest BCUT2D eigenvalue weighted by Crippen LogP contribution is 2.31. The van der Waals surface area contributed by atoms with Gasteiger partial charge in [-0.3, -0.25) is 9.36 Å². The molecule has 10 heteroatoms. The molecule has 39 heavy (non-hydrogen) atoms. The molecule has 0 spiro atoms. The first-order chi connectivity index (χ1) is 18.9. The molecule has 1 aliphatic heterocycles. The second kappa shape index (κ2) is 11.4. The minimum absolute atomic E-state index is 0.0151. The number of furan rings is 1. The Bertz CT molecular complexity index is 1760. The van der Waals surface area contributed by atoms with Crippen molar-refractivity contribution in [1.82, 2.24) is 4.57 Å². The number of hydrogen-bond donors (Lipinski definition) is 0. The predicted molar refractivity (Wildman–Crippen MR) is 154 cm³/mol. The molecule has 196 valence electrons. The number of thiazole rings is 1. The summed E-state index contributed by atoms with van der Waals surface area (Å²) in [4.78, 5) is 44.2. The zero-order chi connectivity index (χ0) is 27.5. The summed E-state index contributed by atoms with van der Waals surface area (Å²) in [7, 11) is 0. The van der Waals surface area contributed by atoms with Gasteiger partial charge < -0.3 is 13.9 Å². The van der Waals surface area contributed by atoms with Crippen molar-refractivity contribution in [3.63, 3.8) is 0 Å². The number of benzene rings is 2. The Hall–Kier alpha value is -4.03. The number of aromatic nitrogens is 1. The Morgan fingerprint density at radius 3 is 2.54 bits per heavy atom. The van der Waals surface area contributed by atoms with Crippen LogP contribution in [0.3, 0.4) is 0 Å². The van der Waals surface area contributed by atoms with Gasteiger partial charge >= 0.3 is 11.9 Å². The molecule has 1 atom stereocenters. The SMILES string of the molecule is C=CCOC(=O)C1=C(C)N=c2s/c(=C\c3ccc(I)cc3)c(=O)n2[C@H]1c1ccc(OC(=O)c2ccco2)cc1. The number of allylic oxidation sites excluding steroid dienone is 1. The zero-order valence-corrected chi connectivity index (χ0v) is 23.6. The van der Waals surface area contributed by atoms with Crippen LogP contribution in [0.25, 0.3) is 6.08 Å². The van der Waals surface area contributed by atoms with E-state index in [9.17, 15) is 14.4 Å². The van der Waals surface area contributed by atoms with E-state index in [2.05, 4.69) is 34.2 Å². The van der Waals surface area contributed by atoms with E-state index < -0.39 is 18.0 Å². The summed E-state index contributed by atoms with van der Waals surface area (Å²) >= 11 is 3.47. The van der Waals surface area contributed by atoms with Gasteiger partial charge in [0.05, 0.1) is 28.1 Å². The highest BCUT2D eigenvalue weighted by Gasteiger charge is 2.33. The summed E-state index contributed by atoms with van der Waals surface area (Å²) in [6.07, 6.45) is 4.67. The van der Waals surface area contributed by atoms with Crippen LogP contribution in [0.5, 0.6) is 5.75 Å². The number of carbonyl (C=O) groups excluding carboxylic acids is 2. The van der Waals surface area contributed by atoms with E-state index in [4.69, 9.17) is 13.9 Å². The summed E-state index contributed by atoms with van der Waals surface area (Å²) in [5.74, 6) is -0.880. The normalized spacial score (nSPS) is 14.9. The molecular formula is C29H21IN2O6S. The highest BCUT2D eigenvalue weighted by atomic mass is 127. The van der Waals surface area contributed by atoms with Crippen molar-refractivity contribution in [2.45, 2.75) is 13.0 Å². The Labute approximate surface area is 240 Å². The maximum atomic E-state index is 13.7. The van der Waals surface area contributed by atoms with Crippen LogP contribution in [0.1, 0.15) is 34.6 Å². The number of ether oxygens (including phenoxy) is 2. The minimum atomic E-state index is -0.799. The second-order valence-corrected chi connectivity index (χ2v) is 10.7. The van der Waals surface area contributed by atoms with Crippen molar-refractivity contribution in [1.29, 1.82) is 0 Å². The first-order valence-electron chi connectivity index (χ1n) is 11.8. The molecule has 3 heterocycles. The minimum Gasteiger partial charge on any atom is -0.458 e. The summed E-state index contributed by atoms with van der Waals surface area (Å²) in [6.45, 7) is 5.33. The lowest BCUT2D eigenvalue weighted by molar-refractivity contribution is -0.138. The first kappa shape index (κ1) is 26.6. The van der Waals surface area contributed by atoms with Gasteiger partial charge in [-0.1, -0.05) is 48.3 Å². The molecule has 0 saturated carbocycles. The van der Waals surface area contributed by atoms with E-state index in [1.54, 1.807) is 37.3 Å². The van der Waals surface area contributed by atoms with Crippen molar-refractivity contribution in [3.05, 3.63) is 131 Å². The first-order valence-corrected chi connectivity index (χ1v) is 13.7. The number of carbonyl (C=O) groups is 2. The largest absolute Gasteiger partial charge is 0.458 e. The Kier molecular flexibility index (Phi) is 7.75. The lowest BCUT2D eigenvalue weighted by atomic mass is 9.96. The second-order valence-electron chi connectivity index (χ2n) is 8.46. The molecule has 4 aromatic rings. The van der Waals surface area contributed by atoms with Gasteiger partial charge in [-0.15, -0.1) is 0 Å². The van der Waals surface area contributed by atoms with E-state index in [0.29, 0.717) is 20.6 Å². The van der Waals surface area contributed by atoms with Crippen LogP contribution in [0.15, 0.2) is 105 Å². The lowest BCUT2D eigenvalue weighted by Crippen LogP contribution is -2.39. The molecule has 8 nitrogen and oxygen atoms in total. The smallest absolute Gasteiger partial charge is 0.379 e. The van der Waals surface area contributed by atoms with Crippen LogP contribution in [0.4, 0.5) is 0 Å². The standard InChI is InChI=1S/C29H21IN2O6S/c1-3-14-37-28(35)24-17(2)31-29-32(26(33)23(39-29)16-18-6-10-20(30)11-7-18)25(24)19-8-12-21(13-9-19)38-27(34)22-5-4-15-36-22/h3-13,15-16,25H,1,14H2,2H3/b23-16-/t25-/m0/s1. The van der Waals surface area contributed by atoms with Crippen LogP contribution in [-0.4, -0.2) is 23.1 Å². The molecule has 0 amide bonds. The van der Waals surface area contributed by atoms with E-state index in [-0.39, 0.29) is 29.2 Å². The predicted octanol–water partition coefficient (Wildman–Crippen LogP) is 4.38. The highest BCUT2D eigenvalue weighted by molar-refractivity contribution is 14.1. The molecule has 1 aliphatic rings.